The van der Waals surface area contributed by atoms with E-state index in [0.29, 0.717) is 31.2 Å². The molecular formula is C19H30N4O3. The molecule has 1 aliphatic heterocycles. The molecule has 0 unspecified atom stereocenters. The minimum Gasteiger partial charge on any atom is -0.462 e. The van der Waals surface area contributed by atoms with E-state index in [9.17, 15) is 9.59 Å². The van der Waals surface area contributed by atoms with Gasteiger partial charge in [0.2, 0.25) is 0 Å². The van der Waals surface area contributed by atoms with Crippen LogP contribution in [-0.2, 0) is 4.74 Å². The number of urea groups is 1. The molecule has 0 aliphatic carbocycles. The van der Waals surface area contributed by atoms with E-state index >= 15 is 0 Å². The number of nitrogens with zero attached hydrogens (tertiary/aromatic N) is 3. The number of ether oxygens (including phenoxy) is 1. The minimum absolute atomic E-state index is 0.0130. The van der Waals surface area contributed by atoms with Crippen LogP contribution in [0.1, 0.15) is 44.0 Å². The maximum absolute atomic E-state index is 12.2. The van der Waals surface area contributed by atoms with E-state index in [-0.39, 0.29) is 12.0 Å². The fourth-order valence-electron chi connectivity index (χ4n) is 2.86. The molecule has 1 aromatic rings. The Kier molecular flexibility index (Phi) is 7.69. The summed E-state index contributed by atoms with van der Waals surface area (Å²) < 4.78 is 4.96. The second-order valence-electron chi connectivity index (χ2n) is 6.87. The van der Waals surface area contributed by atoms with E-state index < -0.39 is 0 Å². The van der Waals surface area contributed by atoms with Gasteiger partial charge in [-0.2, -0.15) is 0 Å². The van der Waals surface area contributed by atoms with Crippen molar-refractivity contribution in [3.8, 4) is 0 Å². The molecule has 0 atom stereocenters. The molecule has 1 fully saturated rings. The van der Waals surface area contributed by atoms with E-state index in [1.54, 1.807) is 19.2 Å². The predicted octanol–water partition coefficient (Wildman–Crippen LogP) is 2.53. The van der Waals surface area contributed by atoms with Gasteiger partial charge in [-0.25, -0.2) is 14.6 Å². The Morgan fingerprint density at radius 3 is 2.54 bits per heavy atom. The summed E-state index contributed by atoms with van der Waals surface area (Å²) in [5, 5.41) is 3.00. The Labute approximate surface area is 155 Å². The molecule has 0 radical (unpaired) electrons. The molecule has 1 aliphatic rings. The van der Waals surface area contributed by atoms with Crippen molar-refractivity contribution in [2.75, 3.05) is 44.2 Å². The highest BCUT2D eigenvalue weighted by Gasteiger charge is 2.21. The summed E-state index contributed by atoms with van der Waals surface area (Å²) in [6.45, 7) is 10.0. The third-order valence-electron chi connectivity index (χ3n) is 4.38. The summed E-state index contributed by atoms with van der Waals surface area (Å²) in [6, 6.07) is 3.57. The summed E-state index contributed by atoms with van der Waals surface area (Å²) in [5.74, 6) is 1.12. The first-order valence-corrected chi connectivity index (χ1v) is 9.42. The molecule has 144 valence electrons. The molecule has 0 aromatic carbocycles. The zero-order chi connectivity index (χ0) is 18.9. The average molecular weight is 362 g/mol. The van der Waals surface area contributed by atoms with Crippen molar-refractivity contribution in [1.82, 2.24) is 15.2 Å². The zero-order valence-corrected chi connectivity index (χ0v) is 16.0. The Balaban J connectivity index is 1.77. The van der Waals surface area contributed by atoms with Crippen molar-refractivity contribution < 1.29 is 14.3 Å². The van der Waals surface area contributed by atoms with Gasteiger partial charge in [-0.15, -0.1) is 0 Å². The lowest BCUT2D eigenvalue weighted by Gasteiger charge is -2.35. The predicted molar refractivity (Wildman–Crippen MR) is 101 cm³/mol. The van der Waals surface area contributed by atoms with E-state index in [1.165, 1.54) is 0 Å². The molecule has 2 heterocycles. The van der Waals surface area contributed by atoms with Gasteiger partial charge in [0, 0.05) is 38.9 Å². The number of hydrogen-bond acceptors (Lipinski definition) is 5. The second kappa shape index (κ2) is 9.99. The lowest BCUT2D eigenvalue weighted by Crippen LogP contribution is -2.52. The number of hydrogen-bond donors (Lipinski definition) is 1. The van der Waals surface area contributed by atoms with Crippen LogP contribution in [0.25, 0.3) is 0 Å². The third-order valence-corrected chi connectivity index (χ3v) is 4.38. The molecule has 2 amide bonds. The van der Waals surface area contributed by atoms with Gasteiger partial charge in [-0.3, -0.25) is 0 Å². The van der Waals surface area contributed by atoms with Crippen LogP contribution in [0.2, 0.25) is 0 Å². The third kappa shape index (κ3) is 5.89. The molecule has 1 saturated heterocycles. The van der Waals surface area contributed by atoms with Crippen molar-refractivity contribution >= 4 is 17.8 Å². The smallest absolute Gasteiger partial charge is 0.339 e. The number of rotatable bonds is 7. The standard InChI is InChI=1S/C19H30N4O3/c1-4-26-18(24)16-7-8-17(21-14-16)22-10-12-23(13-11-22)19(25)20-9-5-6-15(2)3/h7-8,14-15H,4-6,9-13H2,1-3H3,(H,20,25). The number of aromatic nitrogens is 1. The van der Waals surface area contributed by atoms with Crippen LogP contribution in [0, 0.1) is 5.92 Å². The van der Waals surface area contributed by atoms with E-state index in [2.05, 4.69) is 29.0 Å². The Bertz CT molecular complexity index is 581. The second-order valence-corrected chi connectivity index (χ2v) is 6.87. The molecule has 7 nitrogen and oxygen atoms in total. The van der Waals surface area contributed by atoms with Crippen molar-refractivity contribution in [3.05, 3.63) is 23.9 Å². The molecule has 7 heteroatoms. The minimum atomic E-state index is -0.356. The topological polar surface area (TPSA) is 74.8 Å². The Morgan fingerprint density at radius 1 is 1.23 bits per heavy atom. The van der Waals surface area contributed by atoms with Gasteiger partial charge >= 0.3 is 12.0 Å². The number of amides is 2. The van der Waals surface area contributed by atoms with E-state index in [0.717, 1.165) is 38.3 Å². The van der Waals surface area contributed by atoms with Crippen molar-refractivity contribution in [1.29, 1.82) is 0 Å². The molecule has 2 rings (SSSR count). The molecule has 1 aromatic heterocycles. The SMILES string of the molecule is CCOC(=O)c1ccc(N2CCN(C(=O)NCCCC(C)C)CC2)nc1. The van der Waals surface area contributed by atoms with Gasteiger partial charge in [0.05, 0.1) is 12.2 Å². The fourth-order valence-corrected chi connectivity index (χ4v) is 2.86. The lowest BCUT2D eigenvalue weighted by molar-refractivity contribution is 0.0526. The molecule has 0 bridgehead atoms. The van der Waals surface area contributed by atoms with Gasteiger partial charge in [0.25, 0.3) is 0 Å². The first-order valence-electron chi connectivity index (χ1n) is 9.42. The highest BCUT2D eigenvalue weighted by Crippen LogP contribution is 2.15. The largest absolute Gasteiger partial charge is 0.462 e. The molecule has 26 heavy (non-hydrogen) atoms. The first-order chi connectivity index (χ1) is 12.5. The average Bonchev–Trinajstić information content (AvgIpc) is 2.65. The summed E-state index contributed by atoms with van der Waals surface area (Å²) >= 11 is 0. The van der Waals surface area contributed by atoms with Gasteiger partial charge in [0.15, 0.2) is 0 Å². The number of nitrogens with one attached hydrogen (secondary N) is 1. The Morgan fingerprint density at radius 2 is 1.96 bits per heavy atom. The van der Waals surface area contributed by atoms with Gasteiger partial charge in [-0.05, 0) is 37.8 Å². The van der Waals surface area contributed by atoms with Crippen LogP contribution in [0.3, 0.4) is 0 Å². The van der Waals surface area contributed by atoms with Gasteiger partial charge < -0.3 is 19.9 Å². The van der Waals surface area contributed by atoms with E-state index in [4.69, 9.17) is 4.74 Å². The zero-order valence-electron chi connectivity index (χ0n) is 16.0. The van der Waals surface area contributed by atoms with Crippen molar-refractivity contribution in [2.45, 2.75) is 33.6 Å². The molecule has 1 N–H and O–H groups in total. The van der Waals surface area contributed by atoms with Crippen LogP contribution >= 0.6 is 0 Å². The summed E-state index contributed by atoms with van der Waals surface area (Å²) in [7, 11) is 0. The molecule has 0 spiro atoms. The normalized spacial score (nSPS) is 14.5. The van der Waals surface area contributed by atoms with E-state index in [1.807, 2.05) is 11.0 Å². The van der Waals surface area contributed by atoms with Crippen LogP contribution in [0.4, 0.5) is 10.6 Å². The maximum atomic E-state index is 12.2. The van der Waals surface area contributed by atoms with Crippen LogP contribution in [0.5, 0.6) is 0 Å². The first kappa shape index (κ1) is 20.0. The quantitative estimate of drug-likeness (QED) is 0.596. The summed E-state index contributed by atoms with van der Waals surface area (Å²) in [6.07, 6.45) is 3.68. The number of anilines is 1. The van der Waals surface area contributed by atoms with Gasteiger partial charge in [-0.1, -0.05) is 13.8 Å². The number of pyridine rings is 1. The highest BCUT2D eigenvalue weighted by atomic mass is 16.5. The van der Waals surface area contributed by atoms with Crippen molar-refractivity contribution in [3.63, 3.8) is 0 Å². The number of piperazine rings is 1. The van der Waals surface area contributed by atoms with Crippen LogP contribution in [0.15, 0.2) is 18.3 Å². The highest BCUT2D eigenvalue weighted by molar-refractivity contribution is 5.89. The Hall–Kier alpha value is -2.31. The summed E-state index contributed by atoms with van der Waals surface area (Å²) in [4.78, 5) is 32.2. The summed E-state index contributed by atoms with van der Waals surface area (Å²) in [5.41, 5.74) is 0.454. The van der Waals surface area contributed by atoms with Gasteiger partial charge in [0.1, 0.15) is 5.82 Å². The molecule has 0 saturated carbocycles. The maximum Gasteiger partial charge on any atom is 0.339 e. The monoisotopic (exact) mass is 362 g/mol. The number of esters is 1. The van der Waals surface area contributed by atoms with Crippen molar-refractivity contribution in [2.24, 2.45) is 5.92 Å². The van der Waals surface area contributed by atoms with Crippen LogP contribution in [-0.4, -0.2) is 61.2 Å². The number of carbonyl (C=O) groups is 2. The van der Waals surface area contributed by atoms with Crippen LogP contribution < -0.4 is 10.2 Å². The fraction of sp³-hybridized carbons (Fsp3) is 0.632. The molecular weight excluding hydrogens is 332 g/mol. The lowest BCUT2D eigenvalue weighted by atomic mass is 10.1. The number of carbonyl (C=O) groups excluding carboxylic acids is 2.